The van der Waals surface area contributed by atoms with Crippen LogP contribution >= 0.6 is 23.2 Å². The Morgan fingerprint density at radius 1 is 1.58 bits per heavy atom. The third-order valence-electron chi connectivity index (χ3n) is 1.19. The minimum Gasteiger partial charge on any atom is -0.478 e. The Labute approximate surface area is 77.9 Å². The SMILES string of the molecule is Nc1nc(Cl)c(Cl)cc1C(=O)O. The molecule has 1 rings (SSSR count). The quantitative estimate of drug-likeness (QED) is 0.686. The summed E-state index contributed by atoms with van der Waals surface area (Å²) in [5.74, 6) is -1.32. The van der Waals surface area contributed by atoms with E-state index >= 15 is 0 Å². The van der Waals surface area contributed by atoms with Gasteiger partial charge < -0.3 is 10.8 Å². The molecular formula is C6H4Cl2N2O2. The van der Waals surface area contributed by atoms with E-state index in [1.165, 1.54) is 0 Å². The highest BCUT2D eigenvalue weighted by molar-refractivity contribution is 6.41. The third kappa shape index (κ3) is 1.60. The number of carbonyl (C=O) groups is 1. The van der Waals surface area contributed by atoms with E-state index in [4.69, 9.17) is 34.0 Å². The van der Waals surface area contributed by atoms with E-state index < -0.39 is 5.97 Å². The van der Waals surface area contributed by atoms with E-state index in [9.17, 15) is 4.79 Å². The first-order valence-electron chi connectivity index (χ1n) is 2.87. The van der Waals surface area contributed by atoms with Crippen LogP contribution in [0.15, 0.2) is 6.07 Å². The van der Waals surface area contributed by atoms with Gasteiger partial charge in [-0.2, -0.15) is 0 Å². The van der Waals surface area contributed by atoms with Crippen LogP contribution in [0, 0.1) is 0 Å². The summed E-state index contributed by atoms with van der Waals surface area (Å²) in [6.45, 7) is 0. The first kappa shape index (κ1) is 9.09. The molecular weight excluding hydrogens is 203 g/mol. The van der Waals surface area contributed by atoms with Gasteiger partial charge >= 0.3 is 5.97 Å². The van der Waals surface area contributed by atoms with Crippen molar-refractivity contribution in [2.45, 2.75) is 0 Å². The second-order valence-corrected chi connectivity index (χ2v) is 2.76. The first-order chi connectivity index (χ1) is 5.52. The predicted octanol–water partition coefficient (Wildman–Crippen LogP) is 1.67. The van der Waals surface area contributed by atoms with Gasteiger partial charge in [0.1, 0.15) is 16.5 Å². The number of nitrogens with two attached hydrogens (primary N) is 1. The topological polar surface area (TPSA) is 76.2 Å². The maximum atomic E-state index is 10.5. The van der Waals surface area contributed by atoms with Crippen LogP contribution in [0.4, 0.5) is 5.82 Å². The Kier molecular flexibility index (Phi) is 2.40. The van der Waals surface area contributed by atoms with E-state index in [1.54, 1.807) is 0 Å². The molecule has 0 bridgehead atoms. The zero-order chi connectivity index (χ0) is 9.30. The van der Waals surface area contributed by atoms with Gasteiger partial charge in [0.15, 0.2) is 0 Å². The molecule has 1 aromatic rings. The van der Waals surface area contributed by atoms with Crippen molar-refractivity contribution >= 4 is 35.0 Å². The standard InChI is InChI=1S/C6H4Cl2N2O2/c7-3-1-2(6(11)12)5(9)10-4(3)8/h1H,(H2,9,10)(H,11,12). The average molecular weight is 207 g/mol. The molecule has 4 nitrogen and oxygen atoms in total. The van der Waals surface area contributed by atoms with Gasteiger partial charge in [-0.25, -0.2) is 9.78 Å². The van der Waals surface area contributed by atoms with Gasteiger partial charge in [-0.05, 0) is 6.07 Å². The number of hydrogen-bond donors (Lipinski definition) is 2. The van der Waals surface area contributed by atoms with Crippen LogP contribution in [0.25, 0.3) is 0 Å². The fraction of sp³-hybridized carbons (Fsp3) is 0. The minimum absolute atomic E-state index is 0.000772. The smallest absolute Gasteiger partial charge is 0.339 e. The summed E-state index contributed by atoms with van der Waals surface area (Å²) in [5.41, 5.74) is 5.11. The van der Waals surface area contributed by atoms with Crippen molar-refractivity contribution in [3.05, 3.63) is 21.8 Å². The van der Waals surface area contributed by atoms with E-state index in [0.717, 1.165) is 6.07 Å². The number of nitrogens with zero attached hydrogens (tertiary/aromatic N) is 1. The van der Waals surface area contributed by atoms with Crippen molar-refractivity contribution in [3.8, 4) is 0 Å². The molecule has 0 saturated carbocycles. The summed E-state index contributed by atoms with van der Waals surface area (Å²) in [6.07, 6.45) is 0. The zero-order valence-electron chi connectivity index (χ0n) is 5.71. The molecule has 1 heterocycles. The lowest BCUT2D eigenvalue weighted by Gasteiger charge is -2.00. The summed E-state index contributed by atoms with van der Waals surface area (Å²) < 4.78 is 0. The molecule has 0 saturated heterocycles. The van der Waals surface area contributed by atoms with Crippen molar-refractivity contribution < 1.29 is 9.90 Å². The van der Waals surface area contributed by atoms with Crippen molar-refractivity contribution in [1.82, 2.24) is 4.98 Å². The van der Waals surface area contributed by atoms with E-state index in [1.807, 2.05) is 0 Å². The number of carboxylic acids is 1. The number of aromatic carboxylic acids is 1. The highest BCUT2D eigenvalue weighted by atomic mass is 35.5. The molecule has 0 aliphatic carbocycles. The summed E-state index contributed by atoms with van der Waals surface area (Å²) in [6, 6.07) is 1.16. The maximum absolute atomic E-state index is 10.5. The van der Waals surface area contributed by atoms with E-state index in [-0.39, 0.29) is 21.6 Å². The largest absolute Gasteiger partial charge is 0.478 e. The van der Waals surface area contributed by atoms with Crippen molar-refractivity contribution in [1.29, 1.82) is 0 Å². The van der Waals surface area contributed by atoms with Crippen LogP contribution < -0.4 is 5.73 Å². The fourth-order valence-electron chi connectivity index (χ4n) is 0.651. The van der Waals surface area contributed by atoms with Crippen molar-refractivity contribution in [2.24, 2.45) is 0 Å². The molecule has 0 aliphatic rings. The third-order valence-corrected chi connectivity index (χ3v) is 1.87. The molecule has 0 radical (unpaired) electrons. The summed E-state index contributed by atoms with van der Waals surface area (Å²) >= 11 is 11.0. The Balaban J connectivity index is 3.33. The Morgan fingerprint density at radius 3 is 2.67 bits per heavy atom. The zero-order valence-corrected chi connectivity index (χ0v) is 7.23. The number of nitrogen functional groups attached to an aromatic ring is 1. The highest BCUT2D eigenvalue weighted by Crippen LogP contribution is 2.23. The molecule has 0 aliphatic heterocycles. The normalized spacial score (nSPS) is 9.83. The number of hydrogen-bond acceptors (Lipinski definition) is 3. The summed E-state index contributed by atoms with van der Waals surface area (Å²) in [5, 5.41) is 8.63. The minimum atomic E-state index is -1.18. The fourth-order valence-corrected chi connectivity index (χ4v) is 0.948. The van der Waals surface area contributed by atoms with Gasteiger partial charge in [-0.15, -0.1) is 0 Å². The summed E-state index contributed by atoms with van der Waals surface area (Å²) in [4.78, 5) is 14.0. The van der Waals surface area contributed by atoms with Crippen LogP contribution in [0.5, 0.6) is 0 Å². The van der Waals surface area contributed by atoms with Gasteiger partial charge in [0.2, 0.25) is 0 Å². The lowest BCUT2D eigenvalue weighted by Crippen LogP contribution is -2.04. The average Bonchev–Trinajstić information content (AvgIpc) is 1.96. The number of pyridine rings is 1. The van der Waals surface area contributed by atoms with Gasteiger partial charge in [-0.1, -0.05) is 23.2 Å². The first-order valence-corrected chi connectivity index (χ1v) is 3.62. The predicted molar refractivity (Wildman–Crippen MR) is 45.6 cm³/mol. The van der Waals surface area contributed by atoms with Crippen molar-refractivity contribution in [3.63, 3.8) is 0 Å². The molecule has 0 amide bonds. The molecule has 0 unspecified atom stereocenters. The molecule has 0 fully saturated rings. The van der Waals surface area contributed by atoms with Crippen LogP contribution in [-0.4, -0.2) is 16.1 Å². The number of rotatable bonds is 1. The Hall–Kier alpha value is -1.00. The van der Waals surface area contributed by atoms with E-state index in [2.05, 4.69) is 4.98 Å². The highest BCUT2D eigenvalue weighted by Gasteiger charge is 2.12. The molecule has 12 heavy (non-hydrogen) atoms. The molecule has 1 aromatic heterocycles. The lowest BCUT2D eigenvalue weighted by atomic mass is 10.2. The van der Waals surface area contributed by atoms with Crippen LogP contribution in [-0.2, 0) is 0 Å². The molecule has 0 atom stereocenters. The molecule has 0 aromatic carbocycles. The molecule has 0 spiro atoms. The summed E-state index contributed by atoms with van der Waals surface area (Å²) in [7, 11) is 0. The van der Waals surface area contributed by atoms with E-state index in [0.29, 0.717) is 0 Å². The number of anilines is 1. The van der Waals surface area contributed by atoms with Crippen molar-refractivity contribution in [2.75, 3.05) is 5.73 Å². The van der Waals surface area contributed by atoms with Crippen LogP contribution in [0.2, 0.25) is 10.2 Å². The van der Waals surface area contributed by atoms with Crippen LogP contribution in [0.3, 0.4) is 0 Å². The van der Waals surface area contributed by atoms with Gasteiger partial charge in [0.05, 0.1) is 5.02 Å². The maximum Gasteiger partial charge on any atom is 0.339 e. The molecule has 6 heteroatoms. The van der Waals surface area contributed by atoms with Gasteiger partial charge in [-0.3, -0.25) is 0 Å². The molecule has 64 valence electrons. The molecule has 3 N–H and O–H groups in total. The van der Waals surface area contributed by atoms with Crippen LogP contribution in [0.1, 0.15) is 10.4 Å². The second kappa shape index (κ2) is 3.16. The number of halogens is 2. The Bertz CT molecular complexity index is 341. The van der Waals surface area contributed by atoms with Gasteiger partial charge in [0, 0.05) is 0 Å². The van der Waals surface area contributed by atoms with Gasteiger partial charge in [0.25, 0.3) is 0 Å². The Morgan fingerprint density at radius 2 is 2.17 bits per heavy atom. The second-order valence-electron chi connectivity index (χ2n) is 2.00. The number of carboxylic acid groups (broad SMARTS) is 1. The lowest BCUT2D eigenvalue weighted by molar-refractivity contribution is 0.0697. The number of aromatic nitrogens is 1. The monoisotopic (exact) mass is 206 g/mol.